The third-order valence-electron chi connectivity index (χ3n) is 13.9. The molecule has 0 saturated carbocycles. The number of nitrogens with zero attached hydrogens (tertiary/aromatic N) is 4. The number of rotatable bonds is 4. The Morgan fingerprint density at radius 2 is 0.726 bits per heavy atom. The minimum absolute atomic E-state index is 0.0240. The van der Waals surface area contributed by atoms with E-state index in [0.717, 1.165) is 33.9 Å². The lowest BCUT2D eigenvalue weighted by molar-refractivity contribution is -0.120. The quantitative estimate of drug-likeness (QED) is 0.255. The molecule has 2 heterocycles. The number of hydrogen-bond acceptors (Lipinski definition) is 8. The molecule has 0 N–H and O–H groups in total. The minimum atomic E-state index is -0.677. The smallest absolute Gasteiger partial charge is 0.162 e. The Balaban J connectivity index is 1.31. The largest absolute Gasteiger partial charge is 0.316 e. The van der Waals surface area contributed by atoms with E-state index in [0.29, 0.717) is 96.2 Å². The van der Waals surface area contributed by atoms with Gasteiger partial charge in [0, 0.05) is 82.6 Å². The summed E-state index contributed by atoms with van der Waals surface area (Å²) in [5.74, 6) is -1.45. The molecule has 314 valence electrons. The van der Waals surface area contributed by atoms with Crippen molar-refractivity contribution in [3.05, 3.63) is 140 Å². The molecular weight excluding hydrogens is 769 g/mol. The zero-order valence-corrected chi connectivity index (χ0v) is 37.2. The molecule has 3 aromatic rings. The SMILES string of the molecule is CC1(C)CC(=O)C2=C(C1)N(c1ccccc1C#N)C1=C(C(=O)CC(C)(C)C1)C2c1cccc(C2C3=C(CC(C)(C)CC3=O)N(c3ccccc3C#N)C3=C2C(=O)CC(C)(C)C3)c1. The van der Waals surface area contributed by atoms with Crippen LogP contribution in [-0.4, -0.2) is 23.1 Å². The summed E-state index contributed by atoms with van der Waals surface area (Å²) in [5.41, 5.74) is 7.92. The van der Waals surface area contributed by atoms with Crippen molar-refractivity contribution in [1.82, 2.24) is 0 Å². The van der Waals surface area contributed by atoms with Gasteiger partial charge in [0.15, 0.2) is 23.1 Å². The van der Waals surface area contributed by atoms with Crippen LogP contribution in [-0.2, 0) is 19.2 Å². The maximum absolute atomic E-state index is 14.8. The van der Waals surface area contributed by atoms with Crippen molar-refractivity contribution in [3.8, 4) is 12.1 Å². The summed E-state index contributed by atoms with van der Waals surface area (Å²) < 4.78 is 0. The molecule has 4 aliphatic carbocycles. The molecule has 9 rings (SSSR count). The highest BCUT2D eigenvalue weighted by atomic mass is 16.1. The first kappa shape index (κ1) is 41.2. The number of allylic oxidation sites excluding steroid dienone is 8. The van der Waals surface area contributed by atoms with Crippen molar-refractivity contribution in [1.29, 1.82) is 10.5 Å². The van der Waals surface area contributed by atoms with Crippen LogP contribution in [0.25, 0.3) is 0 Å². The highest BCUT2D eigenvalue weighted by Gasteiger charge is 2.52. The van der Waals surface area contributed by atoms with E-state index in [-0.39, 0.29) is 44.8 Å². The van der Waals surface area contributed by atoms with Crippen LogP contribution in [0.1, 0.15) is 141 Å². The molecule has 0 bridgehead atoms. The monoisotopic (exact) mass is 822 g/mol. The fourth-order valence-corrected chi connectivity index (χ4v) is 11.6. The first-order valence-corrected chi connectivity index (χ1v) is 22.0. The van der Waals surface area contributed by atoms with Crippen LogP contribution in [0.3, 0.4) is 0 Å². The molecule has 62 heavy (non-hydrogen) atoms. The Kier molecular flexibility index (Phi) is 9.45. The first-order chi connectivity index (χ1) is 29.2. The molecular formula is C54H54N4O4. The molecule has 0 radical (unpaired) electrons. The third kappa shape index (κ3) is 6.71. The van der Waals surface area contributed by atoms with E-state index >= 15 is 0 Å². The van der Waals surface area contributed by atoms with Gasteiger partial charge in [0.25, 0.3) is 0 Å². The predicted octanol–water partition coefficient (Wildman–Crippen LogP) is 11.2. The number of carbonyl (C=O) groups excluding carboxylic acids is 4. The summed E-state index contributed by atoms with van der Waals surface area (Å²) in [7, 11) is 0. The normalized spacial score (nSPS) is 23.1. The molecule has 0 amide bonds. The molecule has 2 aliphatic heterocycles. The molecule has 0 saturated heterocycles. The number of carbonyl (C=O) groups is 4. The van der Waals surface area contributed by atoms with Gasteiger partial charge in [-0.15, -0.1) is 0 Å². The van der Waals surface area contributed by atoms with Gasteiger partial charge in [-0.2, -0.15) is 10.5 Å². The van der Waals surface area contributed by atoms with Crippen molar-refractivity contribution in [2.45, 2.75) is 119 Å². The average Bonchev–Trinajstić information content (AvgIpc) is 3.17. The number of ketones is 4. The van der Waals surface area contributed by atoms with E-state index in [2.05, 4.69) is 83.4 Å². The topological polar surface area (TPSA) is 122 Å². The van der Waals surface area contributed by atoms with Crippen LogP contribution in [0.4, 0.5) is 11.4 Å². The standard InChI is InChI=1S/C54H54N4O4/c1-51(2)21-37-47(41(59)25-51)45(48-38(22-52(3,4)26-42(48)60)57(37)35-18-11-9-14-33(35)29-55)31-16-13-17-32(20-31)46-49-39(23-53(5,6)27-43(49)61)58(36-19-12-10-15-34(36)30-56)40-24-54(7,8)28-44(62)50(40)46/h9-20,45-46H,21-28H2,1-8H3. The van der Waals surface area contributed by atoms with Gasteiger partial charge in [0.05, 0.1) is 22.5 Å². The molecule has 8 heteroatoms. The molecule has 0 atom stereocenters. The second kappa shape index (κ2) is 14.2. The van der Waals surface area contributed by atoms with Crippen LogP contribution in [0.5, 0.6) is 0 Å². The van der Waals surface area contributed by atoms with Crippen molar-refractivity contribution >= 4 is 34.5 Å². The van der Waals surface area contributed by atoms with Crippen molar-refractivity contribution in [2.75, 3.05) is 9.80 Å². The lowest BCUT2D eigenvalue weighted by Gasteiger charge is -2.49. The lowest BCUT2D eigenvalue weighted by atomic mass is 9.62. The fraction of sp³-hybridized carbons (Fsp3) is 0.407. The third-order valence-corrected chi connectivity index (χ3v) is 13.9. The molecule has 0 aromatic heterocycles. The number of hydrogen-bond donors (Lipinski definition) is 0. The Morgan fingerprint density at radius 3 is 1.02 bits per heavy atom. The zero-order chi connectivity index (χ0) is 44.3. The molecule has 8 nitrogen and oxygen atoms in total. The van der Waals surface area contributed by atoms with E-state index in [4.69, 9.17) is 0 Å². The summed E-state index contributed by atoms with van der Waals surface area (Å²) in [6.07, 6.45) is 3.50. The summed E-state index contributed by atoms with van der Waals surface area (Å²) in [6.45, 7) is 16.8. The van der Waals surface area contributed by atoms with Gasteiger partial charge in [0.1, 0.15) is 12.1 Å². The number of para-hydroxylation sites is 2. The first-order valence-electron chi connectivity index (χ1n) is 22.0. The van der Waals surface area contributed by atoms with Gasteiger partial charge in [-0.25, -0.2) is 0 Å². The number of nitriles is 2. The van der Waals surface area contributed by atoms with E-state index < -0.39 is 11.8 Å². The van der Waals surface area contributed by atoms with Gasteiger partial charge in [-0.1, -0.05) is 104 Å². The predicted molar refractivity (Wildman–Crippen MR) is 239 cm³/mol. The van der Waals surface area contributed by atoms with E-state index in [1.165, 1.54) is 0 Å². The molecule has 0 spiro atoms. The summed E-state index contributed by atoms with van der Waals surface area (Å²) >= 11 is 0. The summed E-state index contributed by atoms with van der Waals surface area (Å²) in [6, 6.07) is 27.6. The van der Waals surface area contributed by atoms with Gasteiger partial charge in [0.2, 0.25) is 0 Å². The van der Waals surface area contributed by atoms with Gasteiger partial charge in [-0.05, 0) is 82.7 Å². The van der Waals surface area contributed by atoms with E-state index in [9.17, 15) is 29.7 Å². The van der Waals surface area contributed by atoms with Crippen molar-refractivity contribution < 1.29 is 19.2 Å². The second-order valence-corrected chi connectivity index (χ2v) is 21.7. The average molecular weight is 823 g/mol. The summed E-state index contributed by atoms with van der Waals surface area (Å²) in [5, 5.41) is 20.8. The number of benzene rings is 3. The van der Waals surface area contributed by atoms with Gasteiger partial charge >= 0.3 is 0 Å². The van der Waals surface area contributed by atoms with Crippen LogP contribution >= 0.6 is 0 Å². The maximum Gasteiger partial charge on any atom is 0.162 e. The Morgan fingerprint density at radius 1 is 0.435 bits per heavy atom. The zero-order valence-electron chi connectivity index (χ0n) is 37.2. The highest BCUT2D eigenvalue weighted by molar-refractivity contribution is 6.10. The van der Waals surface area contributed by atoms with Crippen molar-refractivity contribution in [3.63, 3.8) is 0 Å². The molecule has 6 aliphatic rings. The highest BCUT2D eigenvalue weighted by Crippen LogP contribution is 2.59. The van der Waals surface area contributed by atoms with Gasteiger partial charge < -0.3 is 9.80 Å². The van der Waals surface area contributed by atoms with Crippen LogP contribution < -0.4 is 9.80 Å². The number of anilines is 2. The van der Waals surface area contributed by atoms with Crippen LogP contribution in [0, 0.1) is 44.3 Å². The lowest BCUT2D eigenvalue weighted by Crippen LogP contribution is -2.45. The maximum atomic E-state index is 14.8. The summed E-state index contributed by atoms with van der Waals surface area (Å²) in [4.78, 5) is 63.5. The molecule has 0 unspecified atom stereocenters. The van der Waals surface area contributed by atoms with Crippen LogP contribution in [0.2, 0.25) is 0 Å². The minimum Gasteiger partial charge on any atom is -0.316 e. The Bertz CT molecular complexity index is 2480. The fourth-order valence-electron chi connectivity index (χ4n) is 11.6. The van der Waals surface area contributed by atoms with Gasteiger partial charge in [-0.3, -0.25) is 19.2 Å². The molecule has 3 aromatic carbocycles. The van der Waals surface area contributed by atoms with Crippen molar-refractivity contribution in [2.24, 2.45) is 21.7 Å². The van der Waals surface area contributed by atoms with Crippen LogP contribution in [0.15, 0.2) is 118 Å². The second-order valence-electron chi connectivity index (χ2n) is 21.7. The van der Waals surface area contributed by atoms with E-state index in [1.54, 1.807) is 12.1 Å². The Labute approximate surface area is 365 Å². The van der Waals surface area contributed by atoms with E-state index in [1.807, 2.05) is 54.6 Å². The Hall–Kier alpha value is -6.12. The molecule has 0 fully saturated rings. The number of Topliss-reactive ketones (excluding diaryl/α,β-unsaturated/α-hetero) is 4.